The molecule has 15 heavy (non-hydrogen) atoms. The molecule has 1 aliphatic rings. The fraction of sp³-hybridized carbons (Fsp3) is 0.900. The molecule has 3 N–H and O–H groups in total. The summed E-state index contributed by atoms with van der Waals surface area (Å²) in [4.78, 5) is 13.4. The second kappa shape index (κ2) is 5.18. The third kappa shape index (κ3) is 3.66. The van der Waals surface area contributed by atoms with Gasteiger partial charge in [0.05, 0.1) is 11.6 Å². The highest BCUT2D eigenvalue weighted by atomic mass is 32.2. The van der Waals surface area contributed by atoms with Crippen LogP contribution in [-0.4, -0.2) is 52.7 Å². The Morgan fingerprint density at radius 3 is 3.00 bits per heavy atom. The molecule has 5 heteroatoms. The molecule has 0 aromatic carbocycles. The first-order chi connectivity index (χ1) is 6.96. The number of hydrogen-bond donors (Lipinski definition) is 2. The van der Waals surface area contributed by atoms with Crippen LogP contribution in [0.2, 0.25) is 0 Å². The predicted octanol–water partition coefficient (Wildman–Crippen LogP) is 0.0501. The first-order valence-corrected chi connectivity index (χ1v) is 6.61. The lowest BCUT2D eigenvalue weighted by atomic mass is 10.0. The van der Waals surface area contributed by atoms with Crippen molar-refractivity contribution in [2.24, 2.45) is 5.73 Å². The quantitative estimate of drug-likeness (QED) is 0.719. The summed E-state index contributed by atoms with van der Waals surface area (Å²) in [5.41, 5.74) is 4.87. The minimum Gasteiger partial charge on any atom is -0.387 e. The van der Waals surface area contributed by atoms with Crippen molar-refractivity contribution in [3.8, 4) is 0 Å². The van der Waals surface area contributed by atoms with Crippen molar-refractivity contribution >= 4 is 17.7 Å². The third-order valence-corrected chi connectivity index (χ3v) is 3.47. The number of likely N-dealkylation sites (tertiary alicyclic amines) is 1. The molecular weight excluding hydrogens is 212 g/mol. The number of β-amino-alcohol motifs (C(OH)–C–C–N with tert-alkyl or cyclic N) is 1. The zero-order chi connectivity index (χ0) is 11.5. The van der Waals surface area contributed by atoms with Crippen molar-refractivity contribution in [2.45, 2.75) is 31.4 Å². The Balaban J connectivity index is 2.53. The van der Waals surface area contributed by atoms with Gasteiger partial charge in [-0.1, -0.05) is 0 Å². The fourth-order valence-corrected chi connectivity index (χ4v) is 2.61. The number of carbonyl (C=O) groups excluding carboxylic acids is 1. The zero-order valence-electron chi connectivity index (χ0n) is 9.40. The standard InChI is InChI=1S/C10H20N2O2S/c1-10(14,7-15-2)6-12-5-3-4-8(11)9(12)13/h8,14H,3-7,11H2,1-2H3. The number of carbonyl (C=O) groups is 1. The van der Waals surface area contributed by atoms with E-state index in [1.165, 1.54) is 0 Å². The van der Waals surface area contributed by atoms with Gasteiger partial charge in [-0.3, -0.25) is 4.79 Å². The van der Waals surface area contributed by atoms with Crippen molar-refractivity contribution in [3.63, 3.8) is 0 Å². The van der Waals surface area contributed by atoms with E-state index in [1.807, 2.05) is 6.26 Å². The van der Waals surface area contributed by atoms with Gasteiger partial charge in [0, 0.05) is 18.8 Å². The van der Waals surface area contributed by atoms with Gasteiger partial charge in [-0.2, -0.15) is 11.8 Å². The summed E-state index contributed by atoms with van der Waals surface area (Å²) in [6, 6.07) is -0.371. The van der Waals surface area contributed by atoms with E-state index in [1.54, 1.807) is 23.6 Å². The van der Waals surface area contributed by atoms with Crippen LogP contribution in [0, 0.1) is 0 Å². The Labute approximate surface area is 95.2 Å². The van der Waals surface area contributed by atoms with E-state index in [0.29, 0.717) is 12.3 Å². The first kappa shape index (κ1) is 12.8. The lowest BCUT2D eigenvalue weighted by molar-refractivity contribution is -0.137. The molecule has 0 saturated carbocycles. The van der Waals surface area contributed by atoms with Crippen LogP contribution in [0.4, 0.5) is 0 Å². The summed E-state index contributed by atoms with van der Waals surface area (Å²) in [5, 5.41) is 10.0. The van der Waals surface area contributed by atoms with E-state index in [9.17, 15) is 9.90 Å². The largest absolute Gasteiger partial charge is 0.387 e. The molecule has 0 bridgehead atoms. The summed E-state index contributed by atoms with van der Waals surface area (Å²) in [6.07, 6.45) is 3.64. The molecule has 1 amide bonds. The molecule has 0 spiro atoms. The van der Waals surface area contributed by atoms with Gasteiger partial charge in [0.15, 0.2) is 0 Å². The lowest BCUT2D eigenvalue weighted by Crippen LogP contribution is -2.53. The number of nitrogens with two attached hydrogens (primary N) is 1. The molecule has 4 nitrogen and oxygen atoms in total. The SMILES string of the molecule is CSCC(C)(O)CN1CCCC(N)C1=O. The Hall–Kier alpha value is -0.260. The number of thioether (sulfide) groups is 1. The smallest absolute Gasteiger partial charge is 0.239 e. The molecule has 1 rings (SSSR count). The fourth-order valence-electron chi connectivity index (χ4n) is 1.89. The summed E-state index contributed by atoms with van der Waals surface area (Å²) in [6.45, 7) is 2.87. The van der Waals surface area contributed by atoms with Crippen LogP contribution in [0.15, 0.2) is 0 Å². The molecule has 2 unspecified atom stereocenters. The van der Waals surface area contributed by atoms with Gasteiger partial charge in [0.1, 0.15) is 0 Å². The van der Waals surface area contributed by atoms with E-state index in [-0.39, 0.29) is 11.9 Å². The van der Waals surface area contributed by atoms with Crippen LogP contribution >= 0.6 is 11.8 Å². The van der Waals surface area contributed by atoms with Crippen molar-refractivity contribution in [1.82, 2.24) is 4.90 Å². The second-order valence-electron chi connectivity index (χ2n) is 4.44. The minimum absolute atomic E-state index is 0.0253. The monoisotopic (exact) mass is 232 g/mol. The molecule has 0 aliphatic carbocycles. The van der Waals surface area contributed by atoms with Gasteiger partial charge in [0.2, 0.25) is 5.91 Å². The molecule has 0 radical (unpaired) electrons. The van der Waals surface area contributed by atoms with Gasteiger partial charge >= 0.3 is 0 Å². The molecule has 1 heterocycles. The van der Waals surface area contributed by atoms with Crippen molar-refractivity contribution in [3.05, 3.63) is 0 Å². The van der Waals surface area contributed by atoms with Gasteiger partial charge in [0.25, 0.3) is 0 Å². The average Bonchev–Trinajstić information content (AvgIpc) is 2.12. The summed E-state index contributed by atoms with van der Waals surface area (Å²) >= 11 is 1.58. The third-order valence-electron chi connectivity index (χ3n) is 2.56. The van der Waals surface area contributed by atoms with Gasteiger partial charge < -0.3 is 15.7 Å². The molecule has 1 fully saturated rings. The molecule has 2 atom stereocenters. The van der Waals surface area contributed by atoms with E-state index in [4.69, 9.17) is 5.73 Å². The number of rotatable bonds is 4. The highest BCUT2D eigenvalue weighted by Crippen LogP contribution is 2.17. The lowest BCUT2D eigenvalue weighted by Gasteiger charge is -2.35. The number of piperidine rings is 1. The minimum atomic E-state index is -0.813. The molecular formula is C10H20N2O2S. The van der Waals surface area contributed by atoms with Crippen molar-refractivity contribution < 1.29 is 9.90 Å². The van der Waals surface area contributed by atoms with E-state index < -0.39 is 5.60 Å². The number of nitrogens with zero attached hydrogens (tertiary/aromatic N) is 1. The molecule has 1 aliphatic heterocycles. The van der Waals surface area contributed by atoms with Crippen LogP contribution in [0.3, 0.4) is 0 Å². The number of aliphatic hydroxyl groups is 1. The maximum Gasteiger partial charge on any atom is 0.239 e. The Bertz CT molecular complexity index is 233. The van der Waals surface area contributed by atoms with Crippen LogP contribution < -0.4 is 5.73 Å². The number of amides is 1. The Morgan fingerprint density at radius 2 is 2.40 bits per heavy atom. The molecule has 0 aromatic heterocycles. The summed E-state index contributed by atoms with van der Waals surface area (Å²) in [5.74, 6) is 0.606. The van der Waals surface area contributed by atoms with Crippen molar-refractivity contribution in [1.29, 1.82) is 0 Å². The Kier molecular flexibility index (Phi) is 4.43. The normalized spacial score (nSPS) is 26.5. The van der Waals surface area contributed by atoms with Crippen LogP contribution in [-0.2, 0) is 4.79 Å². The van der Waals surface area contributed by atoms with Gasteiger partial charge in [-0.25, -0.2) is 0 Å². The van der Waals surface area contributed by atoms with Gasteiger partial charge in [-0.05, 0) is 26.0 Å². The molecule has 0 aromatic rings. The zero-order valence-corrected chi connectivity index (χ0v) is 10.2. The second-order valence-corrected chi connectivity index (χ2v) is 5.30. The van der Waals surface area contributed by atoms with Crippen LogP contribution in [0.25, 0.3) is 0 Å². The topological polar surface area (TPSA) is 66.6 Å². The maximum absolute atomic E-state index is 11.7. The first-order valence-electron chi connectivity index (χ1n) is 5.22. The van der Waals surface area contributed by atoms with E-state index in [0.717, 1.165) is 19.4 Å². The average molecular weight is 232 g/mol. The summed E-state index contributed by atoms with van der Waals surface area (Å²) < 4.78 is 0. The van der Waals surface area contributed by atoms with Crippen LogP contribution in [0.5, 0.6) is 0 Å². The maximum atomic E-state index is 11.7. The van der Waals surface area contributed by atoms with Crippen molar-refractivity contribution in [2.75, 3.05) is 25.1 Å². The van der Waals surface area contributed by atoms with E-state index in [2.05, 4.69) is 0 Å². The molecule has 1 saturated heterocycles. The predicted molar refractivity (Wildman–Crippen MR) is 62.8 cm³/mol. The van der Waals surface area contributed by atoms with Crippen LogP contribution in [0.1, 0.15) is 19.8 Å². The number of hydrogen-bond acceptors (Lipinski definition) is 4. The van der Waals surface area contributed by atoms with Gasteiger partial charge in [-0.15, -0.1) is 0 Å². The highest BCUT2D eigenvalue weighted by Gasteiger charge is 2.31. The highest BCUT2D eigenvalue weighted by molar-refractivity contribution is 7.98. The Morgan fingerprint density at radius 1 is 1.73 bits per heavy atom. The van der Waals surface area contributed by atoms with E-state index >= 15 is 0 Å². The molecule has 88 valence electrons. The summed E-state index contributed by atoms with van der Waals surface area (Å²) in [7, 11) is 0.